The van der Waals surface area contributed by atoms with Crippen molar-refractivity contribution in [2.45, 2.75) is 99.2 Å². The lowest BCUT2D eigenvalue weighted by Crippen LogP contribution is -2.67. The summed E-state index contributed by atoms with van der Waals surface area (Å²) in [5, 5.41) is 21.3. The summed E-state index contributed by atoms with van der Waals surface area (Å²) in [5.74, 6) is -1.07. The van der Waals surface area contributed by atoms with Crippen molar-refractivity contribution in [3.63, 3.8) is 0 Å². The van der Waals surface area contributed by atoms with Crippen LogP contribution in [0.25, 0.3) is 0 Å². The normalized spacial score (nSPS) is 57.6. The minimum Gasteiger partial charge on any atom is -0.463 e. The summed E-state index contributed by atoms with van der Waals surface area (Å²) in [6.07, 6.45) is 4.33. The lowest BCUT2D eigenvalue weighted by atomic mass is 9.51. The third-order valence-corrected chi connectivity index (χ3v) is 11.3. The summed E-state index contributed by atoms with van der Waals surface area (Å²) < 4.78 is 42.8. The largest absolute Gasteiger partial charge is 0.463 e. The van der Waals surface area contributed by atoms with E-state index in [1.54, 1.807) is 12.2 Å². The van der Waals surface area contributed by atoms with Crippen LogP contribution in [0.15, 0.2) is 36.0 Å². The second kappa shape index (κ2) is 8.03. The van der Waals surface area contributed by atoms with Crippen molar-refractivity contribution in [2.75, 3.05) is 19.8 Å². The molecule has 10 unspecified atom stereocenters. The summed E-state index contributed by atoms with van der Waals surface area (Å²) in [5.41, 5.74) is -3.37. The predicted molar refractivity (Wildman–Crippen MR) is 132 cm³/mol. The number of aliphatic hydroxyl groups excluding tert-OH is 2. The average Bonchev–Trinajstić information content (AvgIpc) is 3.83. The average molecular weight is 559 g/mol. The summed E-state index contributed by atoms with van der Waals surface area (Å²) >= 11 is 0. The Kier molecular flexibility index (Phi) is 5.14. The Morgan fingerprint density at radius 2 is 1.85 bits per heavy atom. The number of esters is 2. The monoisotopic (exact) mass is 558 g/mol. The number of rotatable bonds is 0. The number of aliphatic hydroxyl groups is 2. The maximum Gasteiger partial charge on any atom is 0.338 e. The van der Waals surface area contributed by atoms with Crippen LogP contribution in [0.4, 0.5) is 0 Å². The predicted octanol–water partition coefficient (Wildman–Crippen LogP) is 0.615. The van der Waals surface area contributed by atoms with E-state index in [1.807, 2.05) is 0 Å². The third kappa shape index (κ3) is 2.94. The highest BCUT2D eigenvalue weighted by molar-refractivity contribution is 5.82. The molecule has 3 spiro atoms. The fourth-order valence-electron chi connectivity index (χ4n) is 8.86. The fraction of sp³-hybridized carbons (Fsp3) is 0.724. The summed E-state index contributed by atoms with van der Waals surface area (Å²) in [4.78, 5) is 26.8. The zero-order chi connectivity index (χ0) is 27.7. The lowest BCUT2D eigenvalue weighted by molar-refractivity contribution is -0.233. The molecule has 0 radical (unpaired) electrons. The smallest absolute Gasteiger partial charge is 0.338 e. The maximum atomic E-state index is 13.7. The second-order valence-corrected chi connectivity index (χ2v) is 12.8. The number of cyclic esters (lactones) is 1. The van der Waals surface area contributed by atoms with E-state index in [9.17, 15) is 19.8 Å². The Bertz CT molecular complexity index is 1250. The second-order valence-electron chi connectivity index (χ2n) is 12.8. The highest BCUT2D eigenvalue weighted by atomic mass is 16.7. The highest BCUT2D eigenvalue weighted by Gasteiger charge is 2.83. The van der Waals surface area contributed by atoms with Crippen LogP contribution in [-0.2, 0) is 42.7 Å². The van der Waals surface area contributed by atoms with E-state index in [0.717, 1.165) is 6.42 Å². The van der Waals surface area contributed by atoms with Crippen molar-refractivity contribution in [1.82, 2.24) is 0 Å². The van der Waals surface area contributed by atoms with Crippen LogP contribution in [0, 0.1) is 10.8 Å². The molecule has 216 valence electrons. The number of hydrogen-bond acceptors (Lipinski definition) is 11. The summed E-state index contributed by atoms with van der Waals surface area (Å²) in [6.45, 7) is 4.85. The summed E-state index contributed by atoms with van der Waals surface area (Å²) in [7, 11) is 0. The third-order valence-electron chi connectivity index (χ3n) is 11.3. The molecule has 4 bridgehead atoms. The number of allylic oxidation sites excluding steroid dienone is 3. The Labute approximate surface area is 231 Å². The van der Waals surface area contributed by atoms with Crippen LogP contribution in [0.1, 0.15) is 39.5 Å². The van der Waals surface area contributed by atoms with Gasteiger partial charge >= 0.3 is 11.9 Å². The van der Waals surface area contributed by atoms with Crippen molar-refractivity contribution in [3.05, 3.63) is 36.0 Å². The van der Waals surface area contributed by atoms with Crippen LogP contribution < -0.4 is 0 Å². The van der Waals surface area contributed by atoms with Crippen LogP contribution in [0.5, 0.6) is 0 Å². The van der Waals surface area contributed by atoms with Gasteiger partial charge in [-0.25, -0.2) is 9.59 Å². The molecule has 0 amide bonds. The molecule has 5 saturated heterocycles. The molecule has 8 rings (SSSR count). The van der Waals surface area contributed by atoms with E-state index in [0.29, 0.717) is 25.9 Å². The zero-order valence-corrected chi connectivity index (χ0v) is 22.4. The van der Waals surface area contributed by atoms with Gasteiger partial charge in [0.25, 0.3) is 0 Å². The first kappa shape index (κ1) is 25.6. The van der Waals surface area contributed by atoms with E-state index < -0.39 is 70.3 Å². The van der Waals surface area contributed by atoms with Crippen LogP contribution >= 0.6 is 0 Å². The van der Waals surface area contributed by atoms with E-state index in [-0.39, 0.29) is 25.4 Å². The SMILES string of the molecule is CC1=C[C@H]2OC3CC4OC(=O)/C=C\C=C/C56OCCC7(OC7C(=O)OC[C@@]2(CC1)C4(C)C31CO1)C5OC(O)C6O. The summed E-state index contributed by atoms with van der Waals surface area (Å²) in [6, 6.07) is 0. The minimum absolute atomic E-state index is 0.0345. The number of carbonyl (C=O) groups excluding carboxylic acids is 2. The Hall–Kier alpha value is -2.12. The standard InChI is InChI=1S/C29H34O11/c1-15-6-8-26-13-34-23(33)21-28(40-21)9-10-35-27(20(31)22(32)39-24(27)28)7-4-3-5-19(30)38-16-12-18(37-17(26)11-15)29(14-36-29)25(16,26)2/h3-5,7,11,16-18,20-22,24,31-32H,6,8-10,12-14H2,1-2H3/b5-3-,7-4-/t16?,17-,18?,20?,21?,22?,24?,25?,26-,27?,28?,29?/m1/s1. The molecule has 0 aromatic carbocycles. The Morgan fingerprint density at radius 3 is 2.65 bits per heavy atom. The molecular weight excluding hydrogens is 524 g/mol. The van der Waals surface area contributed by atoms with E-state index in [1.165, 1.54) is 17.7 Å². The van der Waals surface area contributed by atoms with Crippen LogP contribution in [0.3, 0.4) is 0 Å². The first-order valence-corrected chi connectivity index (χ1v) is 14.2. The molecule has 2 N–H and O–H groups in total. The first-order chi connectivity index (χ1) is 19.1. The molecule has 0 aromatic rings. The van der Waals surface area contributed by atoms with Crippen molar-refractivity contribution >= 4 is 11.9 Å². The molecule has 0 aromatic heterocycles. The van der Waals surface area contributed by atoms with Gasteiger partial charge in [0.15, 0.2) is 12.4 Å². The van der Waals surface area contributed by atoms with Crippen molar-refractivity contribution in [3.8, 4) is 0 Å². The molecule has 6 heterocycles. The van der Waals surface area contributed by atoms with Gasteiger partial charge in [0.1, 0.15) is 41.7 Å². The lowest BCUT2D eigenvalue weighted by Gasteiger charge is -2.58. The Balaban J connectivity index is 1.22. The molecule has 11 nitrogen and oxygen atoms in total. The van der Waals surface area contributed by atoms with Gasteiger partial charge in [-0.1, -0.05) is 30.7 Å². The molecule has 1 saturated carbocycles. The van der Waals surface area contributed by atoms with Crippen LogP contribution in [-0.4, -0.2) is 102 Å². The van der Waals surface area contributed by atoms with Gasteiger partial charge in [-0.3, -0.25) is 0 Å². The van der Waals surface area contributed by atoms with E-state index in [2.05, 4.69) is 19.9 Å². The molecule has 40 heavy (non-hydrogen) atoms. The molecule has 2 aliphatic carbocycles. The van der Waals surface area contributed by atoms with Gasteiger partial charge in [0, 0.05) is 24.3 Å². The molecule has 12 atom stereocenters. The molecule has 11 heteroatoms. The van der Waals surface area contributed by atoms with Gasteiger partial charge in [0.05, 0.1) is 30.8 Å². The number of carbonyl (C=O) groups is 2. The topological polar surface area (TPSA) is 146 Å². The fourth-order valence-corrected chi connectivity index (χ4v) is 8.86. The molecular formula is C29H34O11. The zero-order valence-electron chi connectivity index (χ0n) is 22.4. The van der Waals surface area contributed by atoms with E-state index >= 15 is 0 Å². The van der Waals surface area contributed by atoms with Crippen molar-refractivity contribution in [2.24, 2.45) is 10.8 Å². The van der Waals surface area contributed by atoms with Gasteiger partial charge < -0.3 is 43.4 Å². The van der Waals surface area contributed by atoms with Crippen molar-refractivity contribution < 1.29 is 53.0 Å². The first-order valence-electron chi connectivity index (χ1n) is 14.2. The van der Waals surface area contributed by atoms with Gasteiger partial charge in [-0.05, 0) is 25.8 Å². The van der Waals surface area contributed by atoms with Gasteiger partial charge in [-0.2, -0.15) is 0 Å². The Morgan fingerprint density at radius 1 is 1.02 bits per heavy atom. The van der Waals surface area contributed by atoms with E-state index in [4.69, 9.17) is 33.2 Å². The van der Waals surface area contributed by atoms with Crippen LogP contribution in [0.2, 0.25) is 0 Å². The number of hydrogen-bond donors (Lipinski definition) is 2. The van der Waals surface area contributed by atoms with Gasteiger partial charge in [-0.15, -0.1) is 0 Å². The highest BCUT2D eigenvalue weighted by Crippen LogP contribution is 2.72. The minimum atomic E-state index is -1.54. The number of ether oxygens (including phenoxy) is 7. The van der Waals surface area contributed by atoms with Crippen molar-refractivity contribution in [1.29, 1.82) is 0 Å². The quantitative estimate of drug-likeness (QED) is 0.245. The maximum absolute atomic E-state index is 13.7. The molecule has 8 aliphatic rings. The number of epoxide rings is 2. The van der Waals surface area contributed by atoms with Gasteiger partial charge in [0.2, 0.25) is 0 Å². The molecule has 6 fully saturated rings. The molecule has 6 aliphatic heterocycles.